The molecule has 0 saturated heterocycles. The molecule has 0 fully saturated rings. The van der Waals surface area contributed by atoms with Crippen molar-refractivity contribution in [3.05, 3.63) is 59.2 Å². The molecule has 0 aliphatic heterocycles. The summed E-state index contributed by atoms with van der Waals surface area (Å²) in [6.45, 7) is 2.22. The topological polar surface area (TPSA) is 78.3 Å². The molecule has 0 aliphatic carbocycles. The number of anilines is 2. The number of nitrogen functional groups attached to an aromatic ring is 2. The van der Waals surface area contributed by atoms with Crippen molar-refractivity contribution in [1.82, 2.24) is 0 Å². The molecular weight excluding hydrogens is 240 g/mol. The van der Waals surface area contributed by atoms with Gasteiger partial charge in [-0.1, -0.05) is 29.8 Å². The highest BCUT2D eigenvalue weighted by molar-refractivity contribution is 5.91. The Morgan fingerprint density at radius 1 is 1.11 bits per heavy atom. The van der Waals surface area contributed by atoms with Gasteiger partial charge < -0.3 is 16.2 Å². The summed E-state index contributed by atoms with van der Waals surface area (Å²) >= 11 is 0. The summed E-state index contributed by atoms with van der Waals surface area (Å²) in [5, 5.41) is 0. The SMILES string of the molecule is Cc1cccc(COC(=O)c2cc(N)cc(N)c2)c1. The van der Waals surface area contributed by atoms with E-state index in [0.29, 0.717) is 16.9 Å². The molecule has 0 aliphatic rings. The minimum Gasteiger partial charge on any atom is -0.457 e. The Labute approximate surface area is 112 Å². The van der Waals surface area contributed by atoms with Crippen LogP contribution in [0, 0.1) is 6.92 Å². The first kappa shape index (κ1) is 13.0. The molecule has 98 valence electrons. The number of ether oxygens (including phenoxy) is 1. The zero-order valence-corrected chi connectivity index (χ0v) is 10.7. The van der Waals surface area contributed by atoms with E-state index in [9.17, 15) is 4.79 Å². The second-order valence-electron chi connectivity index (χ2n) is 4.45. The minimum atomic E-state index is -0.430. The van der Waals surface area contributed by atoms with Crippen LogP contribution in [0.15, 0.2) is 42.5 Å². The van der Waals surface area contributed by atoms with Crippen molar-refractivity contribution < 1.29 is 9.53 Å². The van der Waals surface area contributed by atoms with E-state index in [-0.39, 0.29) is 6.61 Å². The van der Waals surface area contributed by atoms with Gasteiger partial charge in [-0.05, 0) is 30.7 Å². The second-order valence-corrected chi connectivity index (χ2v) is 4.45. The van der Waals surface area contributed by atoms with Crippen LogP contribution in [0.5, 0.6) is 0 Å². The molecule has 4 N–H and O–H groups in total. The van der Waals surface area contributed by atoms with Gasteiger partial charge in [0.25, 0.3) is 0 Å². The van der Waals surface area contributed by atoms with E-state index in [1.807, 2.05) is 31.2 Å². The van der Waals surface area contributed by atoms with Gasteiger partial charge in [-0.15, -0.1) is 0 Å². The summed E-state index contributed by atoms with van der Waals surface area (Å²) in [4.78, 5) is 11.9. The predicted molar refractivity (Wildman–Crippen MR) is 75.6 cm³/mol. The van der Waals surface area contributed by atoms with E-state index in [1.165, 1.54) is 0 Å². The molecular formula is C15H16N2O2. The van der Waals surface area contributed by atoms with Crippen LogP contribution < -0.4 is 11.5 Å². The Bertz CT molecular complexity index is 589. The number of carbonyl (C=O) groups is 1. The van der Waals surface area contributed by atoms with Gasteiger partial charge in [0.05, 0.1) is 5.56 Å². The number of nitrogens with two attached hydrogens (primary N) is 2. The van der Waals surface area contributed by atoms with Crippen molar-refractivity contribution in [3.63, 3.8) is 0 Å². The summed E-state index contributed by atoms with van der Waals surface area (Å²) in [6.07, 6.45) is 0. The summed E-state index contributed by atoms with van der Waals surface area (Å²) in [5.41, 5.74) is 14.6. The molecule has 2 aromatic rings. The molecule has 0 amide bonds. The standard InChI is InChI=1S/C15H16N2O2/c1-10-3-2-4-11(5-10)9-19-15(18)12-6-13(16)8-14(17)7-12/h2-8H,9,16-17H2,1H3. The van der Waals surface area contributed by atoms with E-state index in [0.717, 1.165) is 11.1 Å². The van der Waals surface area contributed by atoms with E-state index in [2.05, 4.69) is 0 Å². The fourth-order valence-electron chi connectivity index (χ4n) is 1.83. The third kappa shape index (κ3) is 3.48. The molecule has 2 aromatic carbocycles. The van der Waals surface area contributed by atoms with Gasteiger partial charge in [0, 0.05) is 11.4 Å². The lowest BCUT2D eigenvalue weighted by molar-refractivity contribution is 0.0473. The van der Waals surface area contributed by atoms with Crippen LogP contribution in [0.1, 0.15) is 21.5 Å². The molecule has 0 radical (unpaired) electrons. The number of rotatable bonds is 3. The second kappa shape index (κ2) is 5.44. The third-order valence-electron chi connectivity index (χ3n) is 2.67. The maximum atomic E-state index is 11.9. The van der Waals surface area contributed by atoms with Gasteiger partial charge >= 0.3 is 5.97 Å². The fourth-order valence-corrected chi connectivity index (χ4v) is 1.83. The van der Waals surface area contributed by atoms with E-state index in [4.69, 9.17) is 16.2 Å². The number of aryl methyl sites for hydroxylation is 1. The van der Waals surface area contributed by atoms with Crippen LogP contribution in [0.25, 0.3) is 0 Å². The van der Waals surface area contributed by atoms with Gasteiger partial charge in [0.1, 0.15) is 6.61 Å². The average molecular weight is 256 g/mol. The lowest BCUT2D eigenvalue weighted by Gasteiger charge is -2.07. The highest BCUT2D eigenvalue weighted by Crippen LogP contribution is 2.15. The summed E-state index contributed by atoms with van der Waals surface area (Å²) in [7, 11) is 0. The normalized spacial score (nSPS) is 10.2. The van der Waals surface area contributed by atoms with Gasteiger partial charge in [0.2, 0.25) is 0 Å². The summed E-state index contributed by atoms with van der Waals surface area (Å²) in [6, 6.07) is 12.5. The van der Waals surface area contributed by atoms with Crippen molar-refractivity contribution in [2.24, 2.45) is 0 Å². The zero-order chi connectivity index (χ0) is 13.8. The van der Waals surface area contributed by atoms with Crippen molar-refractivity contribution in [2.45, 2.75) is 13.5 Å². The molecule has 0 aromatic heterocycles. The Morgan fingerprint density at radius 3 is 2.42 bits per heavy atom. The maximum Gasteiger partial charge on any atom is 0.338 e. The summed E-state index contributed by atoms with van der Waals surface area (Å²) in [5.74, 6) is -0.430. The first-order chi connectivity index (χ1) is 9.04. The van der Waals surface area contributed by atoms with Crippen LogP contribution >= 0.6 is 0 Å². The van der Waals surface area contributed by atoms with Gasteiger partial charge in [-0.2, -0.15) is 0 Å². The van der Waals surface area contributed by atoms with E-state index in [1.54, 1.807) is 18.2 Å². The van der Waals surface area contributed by atoms with Crippen molar-refractivity contribution in [3.8, 4) is 0 Å². The predicted octanol–water partition coefficient (Wildman–Crippen LogP) is 2.52. The van der Waals surface area contributed by atoms with Crippen molar-refractivity contribution >= 4 is 17.3 Å². The molecule has 19 heavy (non-hydrogen) atoms. The van der Waals surface area contributed by atoms with E-state index >= 15 is 0 Å². The lowest BCUT2D eigenvalue weighted by Crippen LogP contribution is -2.06. The van der Waals surface area contributed by atoms with Crippen molar-refractivity contribution in [1.29, 1.82) is 0 Å². The Kier molecular flexibility index (Phi) is 3.71. The van der Waals surface area contributed by atoms with Crippen LogP contribution in [-0.2, 0) is 11.3 Å². The van der Waals surface area contributed by atoms with Crippen molar-refractivity contribution in [2.75, 3.05) is 11.5 Å². The first-order valence-electron chi connectivity index (χ1n) is 5.93. The molecule has 2 rings (SSSR count). The molecule has 0 atom stereocenters. The monoisotopic (exact) mass is 256 g/mol. The smallest absolute Gasteiger partial charge is 0.338 e. The number of benzene rings is 2. The zero-order valence-electron chi connectivity index (χ0n) is 10.7. The van der Waals surface area contributed by atoms with Gasteiger partial charge in [0.15, 0.2) is 0 Å². The first-order valence-corrected chi connectivity index (χ1v) is 5.93. The summed E-state index contributed by atoms with van der Waals surface area (Å²) < 4.78 is 5.23. The number of esters is 1. The molecule has 4 heteroatoms. The number of hydrogen-bond donors (Lipinski definition) is 2. The highest BCUT2D eigenvalue weighted by atomic mass is 16.5. The van der Waals surface area contributed by atoms with Crippen LogP contribution in [0.4, 0.5) is 11.4 Å². The van der Waals surface area contributed by atoms with Crippen LogP contribution in [0.3, 0.4) is 0 Å². The maximum absolute atomic E-state index is 11.9. The molecule has 0 bridgehead atoms. The third-order valence-corrected chi connectivity index (χ3v) is 2.67. The molecule has 0 saturated carbocycles. The fraction of sp³-hybridized carbons (Fsp3) is 0.133. The minimum absolute atomic E-state index is 0.231. The van der Waals surface area contributed by atoms with E-state index < -0.39 is 5.97 Å². The van der Waals surface area contributed by atoms with Crippen LogP contribution in [0.2, 0.25) is 0 Å². The average Bonchev–Trinajstić information content (AvgIpc) is 2.35. The van der Waals surface area contributed by atoms with Crippen LogP contribution in [-0.4, -0.2) is 5.97 Å². The largest absolute Gasteiger partial charge is 0.457 e. The Balaban J connectivity index is 2.05. The molecule has 0 spiro atoms. The quantitative estimate of drug-likeness (QED) is 0.653. The Morgan fingerprint density at radius 2 is 1.79 bits per heavy atom. The molecule has 0 heterocycles. The Hall–Kier alpha value is -2.49. The molecule has 4 nitrogen and oxygen atoms in total. The van der Waals surface area contributed by atoms with Gasteiger partial charge in [-0.3, -0.25) is 0 Å². The number of carbonyl (C=O) groups excluding carboxylic acids is 1. The highest BCUT2D eigenvalue weighted by Gasteiger charge is 2.09. The van der Waals surface area contributed by atoms with Gasteiger partial charge in [-0.25, -0.2) is 4.79 Å². The lowest BCUT2D eigenvalue weighted by atomic mass is 10.1. The number of hydrogen-bond acceptors (Lipinski definition) is 4. The molecule has 0 unspecified atom stereocenters.